The molecule has 1 aliphatic heterocycles. The Kier molecular flexibility index (Phi) is 6.18. The van der Waals surface area contributed by atoms with Gasteiger partial charge in [-0.15, -0.1) is 0 Å². The summed E-state index contributed by atoms with van der Waals surface area (Å²) in [7, 11) is -2.92. The third kappa shape index (κ3) is 5.62. The molecule has 23 heavy (non-hydrogen) atoms. The summed E-state index contributed by atoms with van der Waals surface area (Å²) in [4.78, 5) is 14.3. The molecule has 1 aliphatic rings. The Morgan fingerprint density at radius 3 is 2.39 bits per heavy atom. The Bertz CT molecular complexity index is 622. The zero-order valence-corrected chi connectivity index (χ0v) is 14.7. The fraction of sp³-hybridized carbons (Fsp3) is 0.588. The molecule has 1 aromatic rings. The zero-order chi connectivity index (χ0) is 16.9. The number of hydrogen-bond donors (Lipinski definition) is 1. The first-order valence-corrected chi connectivity index (χ1v) is 10.1. The Hall–Kier alpha value is -1.40. The standard InChI is InChI=1S/C17H26N2O3S/c1-3-19(4-2)12-14-5-7-16(8-6-14)18-17(20)11-15-9-10-23(21,22)13-15/h5-8,15H,3-4,9-13H2,1-2H3,(H,18,20)/t15-/m0/s1. The molecule has 0 unspecified atom stereocenters. The number of nitrogens with zero attached hydrogens (tertiary/aromatic N) is 1. The molecule has 0 aromatic heterocycles. The summed E-state index contributed by atoms with van der Waals surface area (Å²) in [5, 5.41) is 2.86. The van der Waals surface area contributed by atoms with Gasteiger partial charge in [-0.05, 0) is 43.1 Å². The molecular weight excluding hydrogens is 312 g/mol. The van der Waals surface area contributed by atoms with Gasteiger partial charge in [0.2, 0.25) is 5.91 Å². The fourth-order valence-corrected chi connectivity index (χ4v) is 4.77. The molecule has 1 amide bonds. The molecule has 1 aromatic carbocycles. The van der Waals surface area contributed by atoms with E-state index in [1.165, 1.54) is 5.56 Å². The molecule has 0 radical (unpaired) electrons. The van der Waals surface area contributed by atoms with Crippen molar-refractivity contribution in [1.29, 1.82) is 0 Å². The van der Waals surface area contributed by atoms with Crippen LogP contribution in [0, 0.1) is 5.92 Å². The van der Waals surface area contributed by atoms with Crippen LogP contribution in [0.2, 0.25) is 0 Å². The van der Waals surface area contributed by atoms with Crippen LogP contribution in [0.4, 0.5) is 5.69 Å². The smallest absolute Gasteiger partial charge is 0.224 e. The second-order valence-electron chi connectivity index (χ2n) is 6.18. The number of hydrogen-bond acceptors (Lipinski definition) is 4. The average Bonchev–Trinajstić information content (AvgIpc) is 2.85. The largest absolute Gasteiger partial charge is 0.326 e. The number of sulfone groups is 1. The van der Waals surface area contributed by atoms with E-state index < -0.39 is 9.84 Å². The second-order valence-corrected chi connectivity index (χ2v) is 8.41. The van der Waals surface area contributed by atoms with Crippen LogP contribution in [0.15, 0.2) is 24.3 Å². The van der Waals surface area contributed by atoms with Gasteiger partial charge in [-0.3, -0.25) is 9.69 Å². The molecule has 128 valence electrons. The van der Waals surface area contributed by atoms with Crippen molar-refractivity contribution in [2.24, 2.45) is 5.92 Å². The summed E-state index contributed by atoms with van der Waals surface area (Å²) in [6, 6.07) is 7.85. The SMILES string of the molecule is CCN(CC)Cc1ccc(NC(=O)C[C@@H]2CCS(=O)(=O)C2)cc1. The lowest BCUT2D eigenvalue weighted by Gasteiger charge is -2.18. The highest BCUT2D eigenvalue weighted by Gasteiger charge is 2.29. The van der Waals surface area contributed by atoms with Crippen molar-refractivity contribution >= 4 is 21.4 Å². The van der Waals surface area contributed by atoms with Gasteiger partial charge >= 0.3 is 0 Å². The molecule has 1 saturated heterocycles. The minimum atomic E-state index is -2.92. The lowest BCUT2D eigenvalue weighted by molar-refractivity contribution is -0.116. The highest BCUT2D eigenvalue weighted by Crippen LogP contribution is 2.22. The maximum atomic E-state index is 12.0. The first-order valence-electron chi connectivity index (χ1n) is 8.23. The molecule has 1 heterocycles. The Morgan fingerprint density at radius 2 is 1.87 bits per heavy atom. The number of amides is 1. The van der Waals surface area contributed by atoms with Gasteiger partial charge in [0.1, 0.15) is 0 Å². The molecular formula is C17H26N2O3S. The molecule has 1 N–H and O–H groups in total. The number of anilines is 1. The van der Waals surface area contributed by atoms with Gasteiger partial charge < -0.3 is 5.32 Å². The first-order chi connectivity index (χ1) is 10.9. The van der Waals surface area contributed by atoms with Crippen molar-refractivity contribution < 1.29 is 13.2 Å². The van der Waals surface area contributed by atoms with E-state index in [4.69, 9.17) is 0 Å². The van der Waals surface area contributed by atoms with Crippen LogP contribution >= 0.6 is 0 Å². The second kappa shape index (κ2) is 7.93. The number of rotatable bonds is 7. The van der Waals surface area contributed by atoms with E-state index in [-0.39, 0.29) is 29.8 Å². The summed E-state index contributed by atoms with van der Waals surface area (Å²) in [5.41, 5.74) is 1.98. The van der Waals surface area contributed by atoms with E-state index in [9.17, 15) is 13.2 Å². The molecule has 6 heteroatoms. The molecule has 0 aliphatic carbocycles. The summed E-state index contributed by atoms with van der Waals surface area (Å²) in [5.74, 6) is 0.208. The van der Waals surface area contributed by atoms with Crippen LogP contribution in [-0.2, 0) is 21.2 Å². The molecule has 0 bridgehead atoms. The van der Waals surface area contributed by atoms with Gasteiger partial charge in [0.15, 0.2) is 9.84 Å². The van der Waals surface area contributed by atoms with Crippen LogP contribution in [0.25, 0.3) is 0 Å². The monoisotopic (exact) mass is 338 g/mol. The summed E-state index contributed by atoms with van der Waals surface area (Å²) >= 11 is 0. The van der Waals surface area contributed by atoms with Gasteiger partial charge in [0.05, 0.1) is 11.5 Å². The maximum absolute atomic E-state index is 12.0. The van der Waals surface area contributed by atoms with E-state index >= 15 is 0 Å². The molecule has 5 nitrogen and oxygen atoms in total. The molecule has 0 saturated carbocycles. The Balaban J connectivity index is 1.84. The van der Waals surface area contributed by atoms with Gasteiger partial charge in [0, 0.05) is 18.7 Å². The lowest BCUT2D eigenvalue weighted by atomic mass is 10.0. The van der Waals surface area contributed by atoms with E-state index in [0.29, 0.717) is 6.42 Å². The van der Waals surface area contributed by atoms with Gasteiger partial charge in [-0.1, -0.05) is 26.0 Å². The van der Waals surface area contributed by atoms with E-state index in [2.05, 4.69) is 24.1 Å². The molecule has 0 spiro atoms. The van der Waals surface area contributed by atoms with Crippen LogP contribution in [0.5, 0.6) is 0 Å². The third-order valence-corrected chi connectivity index (χ3v) is 6.18. The van der Waals surface area contributed by atoms with E-state index in [1.54, 1.807) is 0 Å². The number of carbonyl (C=O) groups excluding carboxylic acids is 1. The van der Waals surface area contributed by atoms with Gasteiger partial charge in [-0.2, -0.15) is 0 Å². The average molecular weight is 338 g/mol. The van der Waals surface area contributed by atoms with Crippen molar-refractivity contribution in [3.8, 4) is 0 Å². The van der Waals surface area contributed by atoms with Crippen molar-refractivity contribution in [1.82, 2.24) is 4.90 Å². The minimum absolute atomic E-state index is 0.0399. The topological polar surface area (TPSA) is 66.5 Å². The zero-order valence-electron chi connectivity index (χ0n) is 13.9. The number of carbonyl (C=O) groups is 1. The summed E-state index contributed by atoms with van der Waals surface area (Å²) < 4.78 is 22.8. The van der Waals surface area contributed by atoms with E-state index in [0.717, 1.165) is 25.3 Å². The predicted molar refractivity (Wildman–Crippen MR) is 93.1 cm³/mol. The third-order valence-electron chi connectivity index (χ3n) is 4.34. The Labute approximate surface area is 139 Å². The predicted octanol–water partition coefficient (Wildman–Crippen LogP) is 2.29. The van der Waals surface area contributed by atoms with Crippen LogP contribution in [0.3, 0.4) is 0 Å². The first kappa shape index (κ1) is 17.9. The summed E-state index contributed by atoms with van der Waals surface area (Å²) in [6.07, 6.45) is 0.874. The van der Waals surface area contributed by atoms with E-state index in [1.807, 2.05) is 24.3 Å². The highest BCUT2D eigenvalue weighted by atomic mass is 32.2. The number of nitrogens with one attached hydrogen (secondary N) is 1. The van der Waals surface area contributed by atoms with Gasteiger partial charge in [0.25, 0.3) is 0 Å². The van der Waals surface area contributed by atoms with Crippen molar-refractivity contribution in [3.05, 3.63) is 29.8 Å². The summed E-state index contributed by atoms with van der Waals surface area (Å²) in [6.45, 7) is 7.21. The quantitative estimate of drug-likeness (QED) is 0.828. The number of benzene rings is 1. The van der Waals surface area contributed by atoms with Crippen LogP contribution in [-0.4, -0.2) is 43.8 Å². The molecule has 1 fully saturated rings. The minimum Gasteiger partial charge on any atom is -0.326 e. The van der Waals surface area contributed by atoms with Crippen molar-refractivity contribution in [2.75, 3.05) is 29.9 Å². The van der Waals surface area contributed by atoms with Crippen LogP contribution < -0.4 is 5.32 Å². The normalized spacial score (nSPS) is 19.9. The molecule has 2 rings (SSSR count). The fourth-order valence-electron chi connectivity index (χ4n) is 2.91. The van der Waals surface area contributed by atoms with Gasteiger partial charge in [-0.25, -0.2) is 8.42 Å². The van der Waals surface area contributed by atoms with Crippen molar-refractivity contribution in [3.63, 3.8) is 0 Å². The van der Waals surface area contributed by atoms with Crippen LogP contribution in [0.1, 0.15) is 32.3 Å². The lowest BCUT2D eigenvalue weighted by Crippen LogP contribution is -2.22. The van der Waals surface area contributed by atoms with Crippen molar-refractivity contribution in [2.45, 2.75) is 33.2 Å². The molecule has 1 atom stereocenters. The Morgan fingerprint density at radius 1 is 1.22 bits per heavy atom. The highest BCUT2D eigenvalue weighted by molar-refractivity contribution is 7.91. The maximum Gasteiger partial charge on any atom is 0.224 e.